The number of hydrogen-bond acceptors (Lipinski definition) is 3. The molecule has 3 nitrogen and oxygen atoms in total. The number of benzene rings is 2. The minimum atomic E-state index is -0.601. The summed E-state index contributed by atoms with van der Waals surface area (Å²) in [6, 6.07) is 11.3. The van der Waals surface area contributed by atoms with Gasteiger partial charge in [-0.25, -0.2) is 0 Å². The zero-order valence-corrected chi connectivity index (χ0v) is 14.9. The largest absolute Gasteiger partial charge is 0.497 e. The second kappa shape index (κ2) is 7.29. The standard InChI is InChI=1S/C16H16Br2O3/c1-20-12-4-5-13(17)11(7-12)9-15(19)10-3-6-16(21-2)14(18)8-10/h3-8,15,19H,9H2,1-2H3. The van der Waals surface area contributed by atoms with Gasteiger partial charge in [-0.3, -0.25) is 0 Å². The molecule has 2 aromatic rings. The first-order valence-corrected chi connectivity index (χ1v) is 7.97. The average molecular weight is 416 g/mol. The summed E-state index contributed by atoms with van der Waals surface area (Å²) in [4.78, 5) is 0. The van der Waals surface area contributed by atoms with E-state index in [0.717, 1.165) is 31.6 Å². The predicted octanol–water partition coefficient (Wildman–Crippen LogP) is 4.50. The Hall–Kier alpha value is -1.04. The van der Waals surface area contributed by atoms with Crippen molar-refractivity contribution in [1.82, 2.24) is 0 Å². The minimum absolute atomic E-state index is 0.497. The van der Waals surface area contributed by atoms with Crippen molar-refractivity contribution in [2.75, 3.05) is 14.2 Å². The van der Waals surface area contributed by atoms with E-state index >= 15 is 0 Å². The first-order chi connectivity index (χ1) is 10.0. The second-order valence-electron chi connectivity index (χ2n) is 4.57. The van der Waals surface area contributed by atoms with Crippen LogP contribution in [0.1, 0.15) is 17.2 Å². The van der Waals surface area contributed by atoms with Crippen LogP contribution in [0, 0.1) is 0 Å². The maximum absolute atomic E-state index is 10.4. The Kier molecular flexibility index (Phi) is 5.67. The van der Waals surface area contributed by atoms with Crippen molar-refractivity contribution in [3.63, 3.8) is 0 Å². The molecular formula is C16H16Br2O3. The van der Waals surface area contributed by atoms with Crippen LogP contribution < -0.4 is 9.47 Å². The minimum Gasteiger partial charge on any atom is -0.497 e. The molecule has 0 heterocycles. The number of halogens is 2. The quantitative estimate of drug-likeness (QED) is 0.780. The van der Waals surface area contributed by atoms with Crippen LogP contribution in [-0.4, -0.2) is 19.3 Å². The fourth-order valence-electron chi connectivity index (χ4n) is 2.05. The molecule has 112 valence electrons. The average Bonchev–Trinajstić information content (AvgIpc) is 2.49. The molecular weight excluding hydrogens is 400 g/mol. The van der Waals surface area contributed by atoms with Crippen LogP contribution in [0.4, 0.5) is 0 Å². The molecule has 21 heavy (non-hydrogen) atoms. The van der Waals surface area contributed by atoms with Crippen LogP contribution in [0.15, 0.2) is 45.3 Å². The number of aliphatic hydroxyl groups is 1. The lowest BCUT2D eigenvalue weighted by Gasteiger charge is -2.14. The van der Waals surface area contributed by atoms with Crippen LogP contribution >= 0.6 is 31.9 Å². The molecule has 1 atom stereocenters. The number of aliphatic hydroxyl groups excluding tert-OH is 1. The van der Waals surface area contributed by atoms with E-state index in [9.17, 15) is 5.11 Å². The summed E-state index contributed by atoms with van der Waals surface area (Å²) in [5.74, 6) is 1.52. The van der Waals surface area contributed by atoms with E-state index in [-0.39, 0.29) is 0 Å². The van der Waals surface area contributed by atoms with Gasteiger partial charge >= 0.3 is 0 Å². The van der Waals surface area contributed by atoms with Crippen LogP contribution in [-0.2, 0) is 6.42 Å². The molecule has 1 unspecified atom stereocenters. The third-order valence-corrected chi connectivity index (χ3v) is 4.62. The van der Waals surface area contributed by atoms with E-state index in [0.29, 0.717) is 6.42 Å². The summed E-state index contributed by atoms with van der Waals surface area (Å²) in [6.45, 7) is 0. The number of ether oxygens (including phenoxy) is 2. The fraction of sp³-hybridized carbons (Fsp3) is 0.250. The van der Waals surface area contributed by atoms with Crippen molar-refractivity contribution < 1.29 is 14.6 Å². The SMILES string of the molecule is COc1ccc(Br)c(CC(O)c2ccc(OC)c(Br)c2)c1. The van der Waals surface area contributed by atoms with E-state index in [2.05, 4.69) is 31.9 Å². The zero-order chi connectivity index (χ0) is 15.4. The van der Waals surface area contributed by atoms with Crippen LogP contribution in [0.2, 0.25) is 0 Å². The molecule has 0 saturated carbocycles. The molecule has 0 aliphatic heterocycles. The van der Waals surface area contributed by atoms with Gasteiger partial charge in [-0.2, -0.15) is 0 Å². The fourth-order valence-corrected chi connectivity index (χ4v) is 3.02. The molecule has 0 saturated heterocycles. The van der Waals surface area contributed by atoms with Gasteiger partial charge in [0, 0.05) is 10.9 Å². The molecule has 0 spiro atoms. The summed E-state index contributed by atoms with van der Waals surface area (Å²) in [7, 11) is 3.24. The molecule has 0 fully saturated rings. The molecule has 0 aliphatic rings. The highest BCUT2D eigenvalue weighted by molar-refractivity contribution is 9.10. The first kappa shape index (κ1) is 16.3. The number of rotatable bonds is 5. The Bertz CT molecular complexity index is 629. The molecule has 2 aromatic carbocycles. The molecule has 0 amide bonds. The van der Waals surface area contributed by atoms with Crippen LogP contribution in [0.3, 0.4) is 0 Å². The topological polar surface area (TPSA) is 38.7 Å². The summed E-state index contributed by atoms with van der Waals surface area (Å²) in [6.07, 6.45) is -0.105. The summed E-state index contributed by atoms with van der Waals surface area (Å²) >= 11 is 6.93. The van der Waals surface area contributed by atoms with Crippen LogP contribution in [0.5, 0.6) is 11.5 Å². The molecule has 0 radical (unpaired) electrons. The van der Waals surface area contributed by atoms with E-state index in [4.69, 9.17) is 9.47 Å². The highest BCUT2D eigenvalue weighted by atomic mass is 79.9. The van der Waals surface area contributed by atoms with E-state index in [1.165, 1.54) is 0 Å². The number of hydrogen-bond donors (Lipinski definition) is 1. The van der Waals surface area contributed by atoms with E-state index in [1.54, 1.807) is 14.2 Å². The monoisotopic (exact) mass is 414 g/mol. The van der Waals surface area contributed by atoms with Crippen molar-refractivity contribution in [2.45, 2.75) is 12.5 Å². The van der Waals surface area contributed by atoms with Gasteiger partial charge in [-0.15, -0.1) is 0 Å². The summed E-state index contributed by atoms with van der Waals surface area (Å²) in [5, 5.41) is 10.4. The summed E-state index contributed by atoms with van der Waals surface area (Å²) < 4.78 is 12.2. The van der Waals surface area contributed by atoms with E-state index < -0.39 is 6.10 Å². The van der Waals surface area contributed by atoms with Gasteiger partial charge in [0.15, 0.2) is 0 Å². The maximum Gasteiger partial charge on any atom is 0.133 e. The van der Waals surface area contributed by atoms with Crippen molar-refractivity contribution in [1.29, 1.82) is 0 Å². The second-order valence-corrected chi connectivity index (χ2v) is 6.28. The maximum atomic E-state index is 10.4. The van der Waals surface area contributed by atoms with Gasteiger partial charge < -0.3 is 14.6 Å². The Morgan fingerprint density at radius 2 is 1.76 bits per heavy atom. The van der Waals surface area contributed by atoms with Crippen LogP contribution in [0.25, 0.3) is 0 Å². The predicted molar refractivity (Wildman–Crippen MR) is 90.1 cm³/mol. The highest BCUT2D eigenvalue weighted by Gasteiger charge is 2.13. The smallest absolute Gasteiger partial charge is 0.133 e. The first-order valence-electron chi connectivity index (χ1n) is 6.39. The lowest BCUT2D eigenvalue weighted by Crippen LogP contribution is -2.03. The van der Waals surface area contributed by atoms with Crippen molar-refractivity contribution >= 4 is 31.9 Å². The molecule has 5 heteroatoms. The Morgan fingerprint density at radius 1 is 1.00 bits per heavy atom. The Labute approximate surface area is 141 Å². The third kappa shape index (κ3) is 3.99. The lowest BCUT2D eigenvalue weighted by atomic mass is 10.0. The third-order valence-electron chi connectivity index (χ3n) is 3.23. The van der Waals surface area contributed by atoms with Crippen molar-refractivity contribution in [2.24, 2.45) is 0 Å². The Morgan fingerprint density at radius 3 is 2.38 bits per heavy atom. The van der Waals surface area contributed by atoms with Gasteiger partial charge in [0.25, 0.3) is 0 Å². The zero-order valence-electron chi connectivity index (χ0n) is 11.8. The molecule has 0 bridgehead atoms. The van der Waals surface area contributed by atoms with Gasteiger partial charge in [-0.05, 0) is 57.4 Å². The molecule has 1 N–H and O–H groups in total. The highest BCUT2D eigenvalue weighted by Crippen LogP contribution is 2.31. The van der Waals surface area contributed by atoms with E-state index in [1.807, 2.05) is 36.4 Å². The van der Waals surface area contributed by atoms with Gasteiger partial charge in [0.2, 0.25) is 0 Å². The Balaban J connectivity index is 2.21. The van der Waals surface area contributed by atoms with Gasteiger partial charge in [0.05, 0.1) is 24.8 Å². The van der Waals surface area contributed by atoms with Gasteiger partial charge in [-0.1, -0.05) is 22.0 Å². The molecule has 2 rings (SSSR count). The molecule has 0 aromatic heterocycles. The lowest BCUT2D eigenvalue weighted by molar-refractivity contribution is 0.178. The number of methoxy groups -OCH3 is 2. The molecule has 0 aliphatic carbocycles. The van der Waals surface area contributed by atoms with Gasteiger partial charge in [0.1, 0.15) is 11.5 Å². The summed E-state index contributed by atoms with van der Waals surface area (Å²) in [5.41, 5.74) is 1.83. The van der Waals surface area contributed by atoms with Crippen molar-refractivity contribution in [3.8, 4) is 11.5 Å². The normalized spacial score (nSPS) is 12.0. The van der Waals surface area contributed by atoms with Crippen molar-refractivity contribution in [3.05, 3.63) is 56.5 Å².